The summed E-state index contributed by atoms with van der Waals surface area (Å²) in [5.41, 5.74) is 2.50. The fourth-order valence-corrected chi connectivity index (χ4v) is 2.85. The number of hydrogen-bond donors (Lipinski definition) is 0. The summed E-state index contributed by atoms with van der Waals surface area (Å²) in [7, 11) is 0. The van der Waals surface area contributed by atoms with Crippen molar-refractivity contribution in [2.45, 2.75) is 38.9 Å². The molecule has 1 aliphatic rings. The lowest BCUT2D eigenvalue weighted by Gasteiger charge is -2.25. The molecule has 0 spiro atoms. The van der Waals surface area contributed by atoms with Gasteiger partial charge in [0, 0.05) is 43.4 Å². The summed E-state index contributed by atoms with van der Waals surface area (Å²) in [5.74, 6) is 0. The first-order chi connectivity index (χ1) is 9.33. The van der Waals surface area contributed by atoms with Gasteiger partial charge >= 0.3 is 0 Å². The van der Waals surface area contributed by atoms with Crippen LogP contribution >= 0.6 is 0 Å². The van der Waals surface area contributed by atoms with E-state index in [1.807, 2.05) is 31.0 Å². The fraction of sp³-hybridized carbons (Fsp3) is 0.467. The fourth-order valence-electron chi connectivity index (χ4n) is 2.85. The average Bonchev–Trinajstić information content (AvgIpc) is 3.06. The van der Waals surface area contributed by atoms with E-state index >= 15 is 0 Å². The third-order valence-corrected chi connectivity index (χ3v) is 3.97. The van der Waals surface area contributed by atoms with Gasteiger partial charge in [-0.2, -0.15) is 0 Å². The Morgan fingerprint density at radius 1 is 1.37 bits per heavy atom. The van der Waals surface area contributed by atoms with Crippen LogP contribution in [0, 0.1) is 6.92 Å². The Kier molecular flexibility index (Phi) is 3.60. The zero-order valence-corrected chi connectivity index (χ0v) is 11.4. The molecule has 0 saturated carbocycles. The summed E-state index contributed by atoms with van der Waals surface area (Å²) in [6, 6.07) is 4.84. The van der Waals surface area contributed by atoms with Crippen molar-refractivity contribution in [3.63, 3.8) is 0 Å². The number of rotatable bonds is 4. The second-order valence-electron chi connectivity index (χ2n) is 5.27. The molecule has 1 aliphatic heterocycles. The van der Waals surface area contributed by atoms with Crippen molar-refractivity contribution in [3.05, 3.63) is 48.3 Å². The zero-order chi connectivity index (χ0) is 13.1. The molecule has 1 fully saturated rings. The summed E-state index contributed by atoms with van der Waals surface area (Å²) in [6.07, 6.45) is 10.2. The highest BCUT2D eigenvalue weighted by Crippen LogP contribution is 2.22. The van der Waals surface area contributed by atoms with Crippen LogP contribution in [0.25, 0.3) is 0 Å². The van der Waals surface area contributed by atoms with E-state index in [-0.39, 0.29) is 0 Å². The Morgan fingerprint density at radius 2 is 2.32 bits per heavy atom. The van der Waals surface area contributed by atoms with Crippen LogP contribution in [-0.2, 0) is 13.1 Å². The van der Waals surface area contributed by atoms with Gasteiger partial charge in [0.05, 0.1) is 6.33 Å². The molecule has 19 heavy (non-hydrogen) atoms. The van der Waals surface area contributed by atoms with Crippen LogP contribution in [0.5, 0.6) is 0 Å². The van der Waals surface area contributed by atoms with E-state index in [4.69, 9.17) is 0 Å². The third-order valence-electron chi connectivity index (χ3n) is 3.97. The highest BCUT2D eigenvalue weighted by Gasteiger charge is 2.25. The van der Waals surface area contributed by atoms with Gasteiger partial charge < -0.3 is 4.57 Å². The Balaban J connectivity index is 1.68. The lowest BCUT2D eigenvalue weighted by atomic mass is 10.1. The van der Waals surface area contributed by atoms with Gasteiger partial charge in [-0.25, -0.2) is 4.98 Å². The second-order valence-corrected chi connectivity index (χ2v) is 5.27. The summed E-state index contributed by atoms with van der Waals surface area (Å²) < 4.78 is 2.18. The lowest BCUT2D eigenvalue weighted by molar-refractivity contribution is 0.223. The van der Waals surface area contributed by atoms with E-state index < -0.39 is 0 Å². The van der Waals surface area contributed by atoms with Crippen molar-refractivity contribution in [1.29, 1.82) is 0 Å². The summed E-state index contributed by atoms with van der Waals surface area (Å²) in [6.45, 7) is 5.34. The highest BCUT2D eigenvalue weighted by atomic mass is 15.2. The summed E-state index contributed by atoms with van der Waals surface area (Å²) in [5, 5.41) is 0. The van der Waals surface area contributed by atoms with Gasteiger partial charge in [0.1, 0.15) is 0 Å². The Morgan fingerprint density at radius 3 is 3.11 bits per heavy atom. The van der Waals surface area contributed by atoms with E-state index in [9.17, 15) is 0 Å². The smallest absolute Gasteiger partial charge is 0.0946 e. The molecule has 0 amide bonds. The molecular formula is C15H20N4. The second kappa shape index (κ2) is 5.53. The van der Waals surface area contributed by atoms with Gasteiger partial charge in [-0.15, -0.1) is 0 Å². The highest BCUT2D eigenvalue weighted by molar-refractivity contribution is 5.18. The number of aromatic nitrogens is 3. The monoisotopic (exact) mass is 256 g/mol. The number of likely N-dealkylation sites (tertiary alicyclic amines) is 1. The van der Waals surface area contributed by atoms with Gasteiger partial charge in [0.2, 0.25) is 0 Å². The molecule has 1 saturated heterocycles. The normalized spacial score (nSPS) is 19.9. The predicted octanol–water partition coefficient (Wildman–Crippen LogP) is 2.25. The van der Waals surface area contributed by atoms with E-state index in [1.165, 1.54) is 24.9 Å². The molecule has 3 heterocycles. The number of hydrogen-bond acceptors (Lipinski definition) is 3. The maximum atomic E-state index is 4.38. The molecule has 0 aliphatic carbocycles. The van der Waals surface area contributed by atoms with Crippen molar-refractivity contribution in [2.75, 3.05) is 6.54 Å². The maximum Gasteiger partial charge on any atom is 0.0946 e. The molecule has 2 aromatic heterocycles. The van der Waals surface area contributed by atoms with Gasteiger partial charge in [0.15, 0.2) is 0 Å². The molecule has 100 valence electrons. The van der Waals surface area contributed by atoms with E-state index in [2.05, 4.69) is 32.4 Å². The first kappa shape index (κ1) is 12.4. The largest absolute Gasteiger partial charge is 0.336 e. The van der Waals surface area contributed by atoms with Gasteiger partial charge in [0.25, 0.3) is 0 Å². The number of pyridine rings is 1. The SMILES string of the molecule is Cc1ncccc1CN1CCC[C@@H]1Cn1ccnc1. The van der Waals surface area contributed by atoms with Crippen LogP contribution in [0.2, 0.25) is 0 Å². The molecule has 2 aromatic rings. The van der Waals surface area contributed by atoms with Gasteiger partial charge in [-0.05, 0) is 37.9 Å². The zero-order valence-electron chi connectivity index (χ0n) is 11.4. The number of nitrogens with zero attached hydrogens (tertiary/aromatic N) is 4. The Labute approximate surface area is 114 Å². The molecule has 3 rings (SSSR count). The first-order valence-electron chi connectivity index (χ1n) is 6.93. The van der Waals surface area contributed by atoms with Gasteiger partial charge in [-0.3, -0.25) is 9.88 Å². The minimum absolute atomic E-state index is 0.619. The summed E-state index contributed by atoms with van der Waals surface area (Å²) >= 11 is 0. The molecule has 4 heteroatoms. The van der Waals surface area contributed by atoms with E-state index in [0.29, 0.717) is 6.04 Å². The molecule has 0 radical (unpaired) electrons. The van der Waals surface area contributed by atoms with Crippen LogP contribution in [0.3, 0.4) is 0 Å². The van der Waals surface area contributed by atoms with Crippen molar-refractivity contribution in [1.82, 2.24) is 19.4 Å². The molecule has 0 aromatic carbocycles. The van der Waals surface area contributed by atoms with Crippen LogP contribution < -0.4 is 0 Å². The van der Waals surface area contributed by atoms with E-state index in [0.717, 1.165) is 18.8 Å². The Hall–Kier alpha value is -1.68. The van der Waals surface area contributed by atoms with E-state index in [1.54, 1.807) is 0 Å². The molecule has 0 bridgehead atoms. The molecule has 0 N–H and O–H groups in total. The number of imidazole rings is 1. The van der Waals surface area contributed by atoms with Crippen LogP contribution in [0.4, 0.5) is 0 Å². The predicted molar refractivity (Wildman–Crippen MR) is 74.6 cm³/mol. The van der Waals surface area contributed by atoms with Crippen LogP contribution in [0.1, 0.15) is 24.1 Å². The van der Waals surface area contributed by atoms with Crippen LogP contribution in [-0.4, -0.2) is 32.0 Å². The van der Waals surface area contributed by atoms with Crippen molar-refractivity contribution in [2.24, 2.45) is 0 Å². The molecule has 1 atom stereocenters. The maximum absolute atomic E-state index is 4.38. The first-order valence-corrected chi connectivity index (χ1v) is 6.93. The molecule has 0 unspecified atom stereocenters. The Bertz CT molecular complexity index is 521. The summed E-state index contributed by atoms with van der Waals surface area (Å²) in [4.78, 5) is 11.1. The van der Waals surface area contributed by atoms with Crippen molar-refractivity contribution in [3.8, 4) is 0 Å². The quantitative estimate of drug-likeness (QED) is 0.841. The minimum Gasteiger partial charge on any atom is -0.336 e. The molecular weight excluding hydrogens is 236 g/mol. The average molecular weight is 256 g/mol. The molecule has 4 nitrogen and oxygen atoms in total. The van der Waals surface area contributed by atoms with Crippen LogP contribution in [0.15, 0.2) is 37.1 Å². The minimum atomic E-state index is 0.619. The van der Waals surface area contributed by atoms with Crippen molar-refractivity contribution >= 4 is 0 Å². The topological polar surface area (TPSA) is 34.0 Å². The standard InChI is InChI=1S/C15H20N4/c1-13-14(4-2-6-17-13)10-19-8-3-5-15(19)11-18-9-7-16-12-18/h2,4,6-7,9,12,15H,3,5,8,10-11H2,1H3/t15-/m1/s1. The van der Waals surface area contributed by atoms with Gasteiger partial charge in [-0.1, -0.05) is 6.07 Å². The lowest BCUT2D eigenvalue weighted by Crippen LogP contribution is -2.32. The third kappa shape index (κ3) is 2.84. The van der Waals surface area contributed by atoms with Crippen molar-refractivity contribution < 1.29 is 0 Å². The number of aryl methyl sites for hydroxylation is 1.